The Kier molecular flexibility index (Phi) is 3.40. The highest BCUT2D eigenvalue weighted by molar-refractivity contribution is 7.12. The van der Waals surface area contributed by atoms with Crippen LogP contribution in [0.1, 0.15) is 28.3 Å². The highest BCUT2D eigenvalue weighted by atomic mass is 32.1. The fourth-order valence-electron chi connectivity index (χ4n) is 1.60. The SMILES string of the molecule is Cc1ccc(C(C)Nc2ccncc2C#N)s1. The lowest BCUT2D eigenvalue weighted by molar-refractivity contribution is 0.906. The van der Waals surface area contributed by atoms with Crippen LogP contribution in [0, 0.1) is 18.3 Å². The molecule has 0 aliphatic rings. The number of pyridine rings is 1. The van der Waals surface area contributed by atoms with E-state index in [2.05, 4.69) is 42.4 Å². The number of hydrogen-bond donors (Lipinski definition) is 1. The van der Waals surface area contributed by atoms with Crippen LogP contribution in [0.4, 0.5) is 5.69 Å². The van der Waals surface area contributed by atoms with E-state index < -0.39 is 0 Å². The van der Waals surface area contributed by atoms with E-state index in [0.717, 1.165) is 5.69 Å². The number of anilines is 1. The molecule has 2 rings (SSSR count). The highest BCUT2D eigenvalue weighted by Gasteiger charge is 2.09. The van der Waals surface area contributed by atoms with Crippen LogP contribution in [0.5, 0.6) is 0 Å². The summed E-state index contributed by atoms with van der Waals surface area (Å²) in [6, 6.07) is 8.39. The molecule has 3 nitrogen and oxygen atoms in total. The van der Waals surface area contributed by atoms with Crippen LogP contribution in [0.15, 0.2) is 30.6 Å². The first-order valence-corrected chi connectivity index (χ1v) is 6.19. The molecule has 0 saturated heterocycles. The van der Waals surface area contributed by atoms with Gasteiger partial charge in [0, 0.05) is 22.1 Å². The van der Waals surface area contributed by atoms with Crippen LogP contribution in [0.3, 0.4) is 0 Å². The molecule has 1 unspecified atom stereocenters. The molecule has 0 spiro atoms. The van der Waals surface area contributed by atoms with Crippen LogP contribution in [-0.2, 0) is 0 Å². The van der Waals surface area contributed by atoms with Gasteiger partial charge in [0.1, 0.15) is 6.07 Å². The van der Waals surface area contributed by atoms with Gasteiger partial charge in [0.15, 0.2) is 0 Å². The van der Waals surface area contributed by atoms with Crippen LogP contribution in [0.25, 0.3) is 0 Å². The molecule has 2 aromatic heterocycles. The number of nitrogens with zero attached hydrogens (tertiary/aromatic N) is 2. The molecule has 0 amide bonds. The van der Waals surface area contributed by atoms with Crippen molar-refractivity contribution in [2.75, 3.05) is 5.32 Å². The normalized spacial score (nSPS) is 11.8. The van der Waals surface area contributed by atoms with Crippen LogP contribution < -0.4 is 5.32 Å². The number of rotatable bonds is 3. The monoisotopic (exact) mass is 243 g/mol. The van der Waals surface area contributed by atoms with Crippen LogP contribution >= 0.6 is 11.3 Å². The topological polar surface area (TPSA) is 48.7 Å². The summed E-state index contributed by atoms with van der Waals surface area (Å²) in [6.45, 7) is 4.18. The highest BCUT2D eigenvalue weighted by Crippen LogP contribution is 2.26. The van der Waals surface area contributed by atoms with Crippen molar-refractivity contribution < 1.29 is 0 Å². The minimum Gasteiger partial charge on any atom is -0.377 e. The zero-order valence-electron chi connectivity index (χ0n) is 9.77. The summed E-state index contributed by atoms with van der Waals surface area (Å²) in [4.78, 5) is 6.50. The number of aryl methyl sites for hydroxylation is 1. The lowest BCUT2D eigenvalue weighted by Gasteiger charge is -2.14. The van der Waals surface area contributed by atoms with Crippen LogP contribution in [0.2, 0.25) is 0 Å². The Labute approximate surface area is 105 Å². The van der Waals surface area contributed by atoms with Gasteiger partial charge < -0.3 is 5.32 Å². The third-order valence-electron chi connectivity index (χ3n) is 2.50. The van der Waals surface area contributed by atoms with Crippen molar-refractivity contribution in [3.63, 3.8) is 0 Å². The minimum absolute atomic E-state index is 0.197. The minimum atomic E-state index is 0.197. The van der Waals surface area contributed by atoms with Gasteiger partial charge in [0.05, 0.1) is 17.3 Å². The average Bonchev–Trinajstić information content (AvgIpc) is 2.77. The van der Waals surface area contributed by atoms with E-state index in [4.69, 9.17) is 5.26 Å². The van der Waals surface area contributed by atoms with Gasteiger partial charge in [-0.25, -0.2) is 0 Å². The molecule has 1 N–H and O–H groups in total. The maximum Gasteiger partial charge on any atom is 0.103 e. The van der Waals surface area contributed by atoms with E-state index in [0.29, 0.717) is 5.56 Å². The molecule has 0 saturated carbocycles. The Bertz CT molecular complexity index is 554. The second-order valence-electron chi connectivity index (χ2n) is 3.85. The van der Waals surface area contributed by atoms with Crippen molar-refractivity contribution in [2.45, 2.75) is 19.9 Å². The number of thiophene rings is 1. The zero-order chi connectivity index (χ0) is 12.3. The summed E-state index contributed by atoms with van der Waals surface area (Å²) < 4.78 is 0. The summed E-state index contributed by atoms with van der Waals surface area (Å²) in [7, 11) is 0. The third-order valence-corrected chi connectivity index (χ3v) is 3.68. The molecule has 0 bridgehead atoms. The third kappa shape index (κ3) is 2.63. The summed E-state index contributed by atoms with van der Waals surface area (Å²) in [5, 5.41) is 12.3. The Morgan fingerprint density at radius 3 is 2.88 bits per heavy atom. The first-order chi connectivity index (χ1) is 8.20. The Morgan fingerprint density at radius 2 is 2.24 bits per heavy atom. The lowest BCUT2D eigenvalue weighted by Crippen LogP contribution is -2.06. The molecule has 2 heterocycles. The van der Waals surface area contributed by atoms with Gasteiger partial charge in [-0.05, 0) is 32.0 Å². The van der Waals surface area contributed by atoms with Crippen molar-refractivity contribution in [3.05, 3.63) is 45.9 Å². The predicted octanol–water partition coefficient (Wildman–Crippen LogP) is 3.50. The molecule has 0 radical (unpaired) electrons. The maximum absolute atomic E-state index is 8.98. The van der Waals surface area contributed by atoms with Crippen molar-refractivity contribution in [3.8, 4) is 6.07 Å². The first kappa shape index (κ1) is 11.6. The lowest BCUT2D eigenvalue weighted by atomic mass is 10.2. The smallest absolute Gasteiger partial charge is 0.103 e. The maximum atomic E-state index is 8.98. The summed E-state index contributed by atoms with van der Waals surface area (Å²) >= 11 is 1.77. The second-order valence-corrected chi connectivity index (χ2v) is 5.17. The fraction of sp³-hybridized carbons (Fsp3) is 0.231. The molecular weight excluding hydrogens is 230 g/mol. The van der Waals surface area contributed by atoms with Crippen LogP contribution in [-0.4, -0.2) is 4.98 Å². The van der Waals surface area contributed by atoms with Gasteiger partial charge in [0.25, 0.3) is 0 Å². The summed E-state index contributed by atoms with van der Waals surface area (Å²) in [5.74, 6) is 0. The quantitative estimate of drug-likeness (QED) is 0.897. The van der Waals surface area contributed by atoms with Crippen molar-refractivity contribution in [2.24, 2.45) is 0 Å². The molecule has 0 aromatic carbocycles. The van der Waals surface area contributed by atoms with Gasteiger partial charge in [-0.3, -0.25) is 4.98 Å². The molecular formula is C13H13N3S. The largest absolute Gasteiger partial charge is 0.377 e. The van der Waals surface area contributed by atoms with Crippen molar-refractivity contribution in [1.82, 2.24) is 4.98 Å². The van der Waals surface area contributed by atoms with E-state index in [-0.39, 0.29) is 6.04 Å². The zero-order valence-corrected chi connectivity index (χ0v) is 10.6. The predicted molar refractivity (Wildman–Crippen MR) is 70.0 cm³/mol. The molecule has 2 aromatic rings. The molecule has 0 aliphatic heterocycles. The standard InChI is InChI=1S/C13H13N3S/c1-9-3-4-13(17-9)10(2)16-12-5-6-15-8-11(12)7-14/h3-6,8,10H,1-2H3,(H,15,16). The first-order valence-electron chi connectivity index (χ1n) is 5.37. The van der Waals surface area contributed by atoms with E-state index in [1.807, 2.05) is 6.07 Å². The number of nitrogens with one attached hydrogen (secondary N) is 1. The second kappa shape index (κ2) is 4.98. The fourth-order valence-corrected chi connectivity index (χ4v) is 2.48. The summed E-state index contributed by atoms with van der Waals surface area (Å²) in [6.07, 6.45) is 3.27. The Hall–Kier alpha value is -1.86. The Balaban J connectivity index is 2.19. The van der Waals surface area contributed by atoms with E-state index in [9.17, 15) is 0 Å². The number of aromatic nitrogens is 1. The van der Waals surface area contributed by atoms with Gasteiger partial charge in [-0.15, -0.1) is 11.3 Å². The molecule has 0 aliphatic carbocycles. The molecule has 17 heavy (non-hydrogen) atoms. The Morgan fingerprint density at radius 1 is 1.41 bits per heavy atom. The van der Waals surface area contributed by atoms with Gasteiger partial charge in [-0.1, -0.05) is 0 Å². The van der Waals surface area contributed by atoms with Crippen molar-refractivity contribution >= 4 is 17.0 Å². The average molecular weight is 243 g/mol. The summed E-state index contributed by atoms with van der Waals surface area (Å²) in [5.41, 5.74) is 1.41. The van der Waals surface area contributed by atoms with Gasteiger partial charge in [-0.2, -0.15) is 5.26 Å². The van der Waals surface area contributed by atoms with Gasteiger partial charge >= 0.3 is 0 Å². The van der Waals surface area contributed by atoms with E-state index >= 15 is 0 Å². The molecule has 4 heteroatoms. The van der Waals surface area contributed by atoms with E-state index in [1.54, 1.807) is 23.7 Å². The van der Waals surface area contributed by atoms with Crippen molar-refractivity contribution in [1.29, 1.82) is 5.26 Å². The molecule has 1 atom stereocenters. The van der Waals surface area contributed by atoms with Gasteiger partial charge in [0.2, 0.25) is 0 Å². The molecule has 0 fully saturated rings. The number of hydrogen-bond acceptors (Lipinski definition) is 4. The van der Waals surface area contributed by atoms with E-state index in [1.165, 1.54) is 9.75 Å². The molecule has 86 valence electrons. The number of nitriles is 1.